The summed E-state index contributed by atoms with van der Waals surface area (Å²) in [4.78, 5) is 18.7. The van der Waals surface area contributed by atoms with Crippen LogP contribution in [0, 0.1) is 19.7 Å². The molecule has 0 spiro atoms. The Bertz CT molecular complexity index is 680. The van der Waals surface area contributed by atoms with Crippen LogP contribution in [0.4, 0.5) is 4.39 Å². The molecule has 5 nitrogen and oxygen atoms in total. The van der Waals surface area contributed by atoms with Gasteiger partial charge in [-0.2, -0.15) is 5.10 Å². The summed E-state index contributed by atoms with van der Waals surface area (Å²) >= 11 is 0. The van der Waals surface area contributed by atoms with Crippen LogP contribution < -0.4 is 0 Å². The average molecular weight is 302 g/mol. The van der Waals surface area contributed by atoms with Gasteiger partial charge in [0.15, 0.2) is 0 Å². The third kappa shape index (κ3) is 2.86. The lowest BCUT2D eigenvalue weighted by Crippen LogP contribution is -2.41. The van der Waals surface area contributed by atoms with Crippen LogP contribution in [0.3, 0.4) is 0 Å². The lowest BCUT2D eigenvalue weighted by Gasteiger charge is -2.33. The summed E-state index contributed by atoms with van der Waals surface area (Å²) in [6.07, 6.45) is 1.91. The van der Waals surface area contributed by atoms with Crippen molar-refractivity contribution in [2.24, 2.45) is 0 Å². The Morgan fingerprint density at radius 1 is 1.27 bits per heavy atom. The van der Waals surface area contributed by atoms with Gasteiger partial charge in [0, 0.05) is 18.7 Å². The van der Waals surface area contributed by atoms with E-state index in [1.165, 1.54) is 24.3 Å². The number of halogens is 1. The third-order valence-electron chi connectivity index (χ3n) is 4.03. The minimum absolute atomic E-state index is 0.0563. The fraction of sp³-hybridized carbons (Fsp3) is 0.438. The van der Waals surface area contributed by atoms with Gasteiger partial charge in [-0.1, -0.05) is 0 Å². The summed E-state index contributed by atoms with van der Waals surface area (Å²) in [5.74, 6) is 1.24. The van der Waals surface area contributed by atoms with Gasteiger partial charge in [0.25, 0.3) is 5.91 Å². The van der Waals surface area contributed by atoms with Crippen molar-refractivity contribution in [2.75, 3.05) is 13.1 Å². The highest BCUT2D eigenvalue weighted by molar-refractivity contribution is 5.94. The van der Waals surface area contributed by atoms with E-state index < -0.39 is 0 Å². The maximum Gasteiger partial charge on any atom is 0.253 e. The second kappa shape index (κ2) is 5.87. The fourth-order valence-electron chi connectivity index (χ4n) is 3.00. The number of likely N-dealkylation sites (tertiary alicyclic amines) is 1. The maximum absolute atomic E-state index is 13.0. The van der Waals surface area contributed by atoms with E-state index in [0.29, 0.717) is 12.1 Å². The third-order valence-corrected chi connectivity index (χ3v) is 4.03. The molecule has 1 amide bonds. The van der Waals surface area contributed by atoms with E-state index in [1.54, 1.807) is 0 Å². The van der Waals surface area contributed by atoms with Crippen molar-refractivity contribution in [3.8, 4) is 0 Å². The van der Waals surface area contributed by atoms with Crippen molar-refractivity contribution < 1.29 is 9.18 Å². The molecular formula is C16H19FN4O. The molecule has 1 atom stereocenters. The normalized spacial score (nSPS) is 18.5. The number of hydrogen-bond acceptors (Lipinski definition) is 3. The Morgan fingerprint density at radius 3 is 2.64 bits per heavy atom. The zero-order valence-electron chi connectivity index (χ0n) is 12.8. The molecule has 0 radical (unpaired) electrons. The largest absolute Gasteiger partial charge is 0.337 e. The van der Waals surface area contributed by atoms with E-state index in [9.17, 15) is 9.18 Å². The smallest absolute Gasteiger partial charge is 0.253 e. The lowest BCUT2D eigenvalue weighted by molar-refractivity contribution is 0.0671. The molecule has 0 saturated carbocycles. The lowest BCUT2D eigenvalue weighted by atomic mass is 10.0. The highest BCUT2D eigenvalue weighted by atomic mass is 19.1. The van der Waals surface area contributed by atoms with Gasteiger partial charge in [0.1, 0.15) is 17.5 Å². The zero-order chi connectivity index (χ0) is 15.7. The molecule has 1 fully saturated rings. The van der Waals surface area contributed by atoms with E-state index in [-0.39, 0.29) is 17.8 Å². The van der Waals surface area contributed by atoms with Gasteiger partial charge in [-0.05, 0) is 51.0 Å². The second-order valence-electron chi connectivity index (χ2n) is 5.70. The van der Waals surface area contributed by atoms with E-state index >= 15 is 0 Å². The Balaban J connectivity index is 1.76. The first-order chi connectivity index (χ1) is 10.5. The Labute approximate surface area is 128 Å². The molecule has 116 valence electrons. The van der Waals surface area contributed by atoms with E-state index in [2.05, 4.69) is 10.1 Å². The van der Waals surface area contributed by atoms with Crippen molar-refractivity contribution in [2.45, 2.75) is 32.7 Å². The molecule has 0 aliphatic carbocycles. The van der Waals surface area contributed by atoms with Crippen LogP contribution in [-0.2, 0) is 0 Å². The predicted molar refractivity (Wildman–Crippen MR) is 80.1 cm³/mol. The molecule has 1 aliphatic rings. The number of benzene rings is 1. The van der Waals surface area contributed by atoms with Gasteiger partial charge in [-0.15, -0.1) is 0 Å². The van der Waals surface area contributed by atoms with Crippen molar-refractivity contribution >= 4 is 5.91 Å². The van der Waals surface area contributed by atoms with Crippen molar-refractivity contribution in [3.05, 3.63) is 47.3 Å². The number of aromatic nitrogens is 3. The van der Waals surface area contributed by atoms with Crippen LogP contribution in [0.15, 0.2) is 24.3 Å². The minimum atomic E-state index is -0.332. The zero-order valence-corrected chi connectivity index (χ0v) is 12.8. The number of hydrogen-bond donors (Lipinski definition) is 0. The number of amides is 1. The molecule has 6 heteroatoms. The molecule has 1 aromatic carbocycles. The van der Waals surface area contributed by atoms with Crippen molar-refractivity contribution in [1.82, 2.24) is 19.7 Å². The molecule has 1 aliphatic heterocycles. The number of rotatable bonds is 2. The topological polar surface area (TPSA) is 51.0 Å². The van der Waals surface area contributed by atoms with Gasteiger partial charge in [0.05, 0.1) is 6.04 Å². The Hall–Kier alpha value is -2.24. The van der Waals surface area contributed by atoms with Crippen LogP contribution in [0.1, 0.15) is 40.9 Å². The van der Waals surface area contributed by atoms with Gasteiger partial charge in [-0.3, -0.25) is 4.79 Å². The summed E-state index contributed by atoms with van der Waals surface area (Å²) < 4.78 is 14.9. The van der Waals surface area contributed by atoms with E-state index in [0.717, 1.165) is 31.0 Å². The van der Waals surface area contributed by atoms with E-state index in [1.807, 2.05) is 23.4 Å². The summed E-state index contributed by atoms with van der Waals surface area (Å²) in [5.41, 5.74) is 0.522. The van der Waals surface area contributed by atoms with Gasteiger partial charge in [-0.25, -0.2) is 14.1 Å². The van der Waals surface area contributed by atoms with Crippen LogP contribution in [0.5, 0.6) is 0 Å². The SMILES string of the molecule is Cc1nc(C)n([C@@H]2CCCN(C(=O)c3ccc(F)cc3)C2)n1. The molecular weight excluding hydrogens is 283 g/mol. The van der Waals surface area contributed by atoms with Crippen LogP contribution in [-0.4, -0.2) is 38.7 Å². The molecule has 0 bridgehead atoms. The quantitative estimate of drug-likeness (QED) is 0.856. The number of aryl methyl sites for hydroxylation is 2. The van der Waals surface area contributed by atoms with Crippen molar-refractivity contribution in [1.29, 1.82) is 0 Å². The number of carbonyl (C=O) groups is 1. The minimum Gasteiger partial charge on any atom is -0.337 e. The summed E-state index contributed by atoms with van der Waals surface area (Å²) in [6.45, 7) is 5.13. The molecule has 0 N–H and O–H groups in total. The summed E-state index contributed by atoms with van der Waals surface area (Å²) in [7, 11) is 0. The number of nitrogens with zero attached hydrogens (tertiary/aromatic N) is 4. The van der Waals surface area contributed by atoms with Crippen molar-refractivity contribution in [3.63, 3.8) is 0 Å². The first-order valence-electron chi connectivity index (χ1n) is 7.49. The van der Waals surface area contributed by atoms with Gasteiger partial charge in [0.2, 0.25) is 0 Å². The first kappa shape index (κ1) is 14.7. The fourth-order valence-corrected chi connectivity index (χ4v) is 3.00. The maximum atomic E-state index is 13.0. The van der Waals surface area contributed by atoms with Crippen LogP contribution in [0.25, 0.3) is 0 Å². The van der Waals surface area contributed by atoms with Gasteiger partial charge < -0.3 is 4.90 Å². The molecule has 3 rings (SSSR count). The van der Waals surface area contributed by atoms with E-state index in [4.69, 9.17) is 0 Å². The number of carbonyl (C=O) groups excluding carboxylic acids is 1. The predicted octanol–water partition coefficient (Wildman–Crippen LogP) is 2.51. The molecule has 1 saturated heterocycles. The summed E-state index contributed by atoms with van der Waals surface area (Å²) in [6, 6.07) is 5.86. The monoisotopic (exact) mass is 302 g/mol. The van der Waals surface area contributed by atoms with Crippen LogP contribution >= 0.6 is 0 Å². The van der Waals surface area contributed by atoms with Gasteiger partial charge >= 0.3 is 0 Å². The Kier molecular flexibility index (Phi) is 3.92. The highest BCUT2D eigenvalue weighted by Crippen LogP contribution is 2.23. The Morgan fingerprint density at radius 2 is 2.00 bits per heavy atom. The second-order valence-corrected chi connectivity index (χ2v) is 5.70. The molecule has 1 aromatic heterocycles. The number of piperidine rings is 1. The molecule has 2 aromatic rings. The first-order valence-corrected chi connectivity index (χ1v) is 7.49. The highest BCUT2D eigenvalue weighted by Gasteiger charge is 2.27. The molecule has 0 unspecified atom stereocenters. The standard InChI is InChI=1S/C16H19FN4O/c1-11-18-12(2)21(19-11)15-4-3-9-20(10-15)16(22)13-5-7-14(17)8-6-13/h5-8,15H,3-4,9-10H2,1-2H3/t15-/m1/s1. The average Bonchev–Trinajstić information content (AvgIpc) is 2.86. The molecule has 22 heavy (non-hydrogen) atoms. The summed E-state index contributed by atoms with van der Waals surface area (Å²) in [5, 5.41) is 4.43. The van der Waals surface area contributed by atoms with Crippen LogP contribution in [0.2, 0.25) is 0 Å². The molecule has 2 heterocycles.